The van der Waals surface area contributed by atoms with Crippen LogP contribution >= 0.6 is 0 Å². The summed E-state index contributed by atoms with van der Waals surface area (Å²) in [4.78, 5) is 2.31. The maximum atomic E-state index is 5.93. The third kappa shape index (κ3) is 1.46. The molecule has 0 saturated carbocycles. The summed E-state index contributed by atoms with van der Waals surface area (Å²) in [6.45, 7) is 3.98. The number of aromatic nitrogens is 2. The Morgan fingerprint density at radius 2 is 2.12 bits per heavy atom. The van der Waals surface area contributed by atoms with Gasteiger partial charge in [0, 0.05) is 19.1 Å². The summed E-state index contributed by atoms with van der Waals surface area (Å²) in [6, 6.07) is 8.66. The first kappa shape index (κ1) is 9.66. The average molecular weight is 216 g/mol. The molecule has 0 aromatic carbocycles. The van der Waals surface area contributed by atoms with Crippen molar-refractivity contribution >= 4 is 11.3 Å². The zero-order valence-corrected chi connectivity index (χ0v) is 9.43. The van der Waals surface area contributed by atoms with Gasteiger partial charge >= 0.3 is 0 Å². The highest BCUT2D eigenvalue weighted by Gasteiger charge is 2.21. The number of rotatable bonds is 1. The Labute approximate surface area is 94.7 Å². The molecule has 84 valence electrons. The summed E-state index contributed by atoms with van der Waals surface area (Å²) in [7, 11) is 0. The van der Waals surface area contributed by atoms with Gasteiger partial charge in [-0.15, -0.1) is 0 Å². The third-order valence-electron chi connectivity index (χ3n) is 3.17. The van der Waals surface area contributed by atoms with Crippen LogP contribution < -0.4 is 10.6 Å². The second-order valence-corrected chi connectivity index (χ2v) is 4.50. The van der Waals surface area contributed by atoms with E-state index in [0.29, 0.717) is 6.04 Å². The number of nitrogens with two attached hydrogens (primary N) is 1. The van der Waals surface area contributed by atoms with Crippen molar-refractivity contribution in [2.45, 2.75) is 19.4 Å². The summed E-state index contributed by atoms with van der Waals surface area (Å²) in [5, 5.41) is 4.54. The van der Waals surface area contributed by atoms with Gasteiger partial charge in [0.2, 0.25) is 0 Å². The number of nitrogens with zero attached hydrogens (tertiary/aromatic N) is 3. The highest BCUT2D eigenvalue weighted by Crippen LogP contribution is 2.22. The molecule has 1 aliphatic rings. The smallest absolute Gasteiger partial charge is 0.130 e. The Kier molecular flexibility index (Phi) is 2.11. The fraction of sp³-hybridized carbons (Fsp3) is 0.417. The Hall–Kier alpha value is -1.55. The van der Waals surface area contributed by atoms with Gasteiger partial charge in [-0.05, 0) is 37.6 Å². The SMILES string of the molecule is Cc1ccc2ccc(N3CCC(N)C3)n2n1. The lowest BCUT2D eigenvalue weighted by atomic mass is 10.3. The van der Waals surface area contributed by atoms with Crippen LogP contribution in [0.15, 0.2) is 24.3 Å². The summed E-state index contributed by atoms with van der Waals surface area (Å²) in [5.74, 6) is 1.16. The number of anilines is 1. The highest BCUT2D eigenvalue weighted by molar-refractivity contribution is 5.58. The van der Waals surface area contributed by atoms with Crippen molar-refractivity contribution in [1.82, 2.24) is 9.61 Å². The van der Waals surface area contributed by atoms with Crippen LogP contribution in [-0.2, 0) is 0 Å². The van der Waals surface area contributed by atoms with Crippen molar-refractivity contribution in [3.63, 3.8) is 0 Å². The Morgan fingerprint density at radius 1 is 1.31 bits per heavy atom. The minimum absolute atomic E-state index is 0.301. The molecule has 0 amide bonds. The second-order valence-electron chi connectivity index (χ2n) is 4.50. The van der Waals surface area contributed by atoms with Crippen molar-refractivity contribution in [3.8, 4) is 0 Å². The van der Waals surface area contributed by atoms with Gasteiger partial charge in [0.05, 0.1) is 11.2 Å². The fourth-order valence-electron chi connectivity index (χ4n) is 2.30. The first-order valence-electron chi connectivity index (χ1n) is 5.70. The molecule has 0 spiro atoms. The maximum Gasteiger partial charge on any atom is 0.130 e. The molecule has 1 unspecified atom stereocenters. The lowest BCUT2D eigenvalue weighted by molar-refractivity contribution is 0.749. The van der Waals surface area contributed by atoms with Gasteiger partial charge < -0.3 is 10.6 Å². The van der Waals surface area contributed by atoms with Gasteiger partial charge in [-0.1, -0.05) is 0 Å². The van der Waals surface area contributed by atoms with E-state index >= 15 is 0 Å². The summed E-state index contributed by atoms with van der Waals surface area (Å²) in [5.41, 5.74) is 8.11. The van der Waals surface area contributed by atoms with Gasteiger partial charge in [-0.25, -0.2) is 4.52 Å². The monoisotopic (exact) mass is 216 g/mol. The first-order valence-corrected chi connectivity index (χ1v) is 5.70. The predicted octanol–water partition coefficient (Wildman–Crippen LogP) is 1.18. The van der Waals surface area contributed by atoms with E-state index in [9.17, 15) is 0 Å². The summed E-state index contributed by atoms with van der Waals surface area (Å²) >= 11 is 0. The van der Waals surface area contributed by atoms with E-state index in [4.69, 9.17) is 5.73 Å². The van der Waals surface area contributed by atoms with Crippen molar-refractivity contribution < 1.29 is 0 Å². The van der Waals surface area contributed by atoms with Gasteiger partial charge in [-0.2, -0.15) is 5.10 Å². The van der Waals surface area contributed by atoms with E-state index in [0.717, 1.165) is 36.5 Å². The topological polar surface area (TPSA) is 46.6 Å². The number of hydrogen-bond donors (Lipinski definition) is 1. The molecular weight excluding hydrogens is 200 g/mol. The van der Waals surface area contributed by atoms with Crippen molar-refractivity contribution in [2.24, 2.45) is 5.73 Å². The summed E-state index contributed by atoms with van der Waals surface area (Å²) < 4.78 is 2.01. The van der Waals surface area contributed by atoms with Crippen LogP contribution in [0.1, 0.15) is 12.1 Å². The van der Waals surface area contributed by atoms with E-state index in [1.807, 2.05) is 17.5 Å². The van der Waals surface area contributed by atoms with Gasteiger partial charge in [-0.3, -0.25) is 0 Å². The zero-order chi connectivity index (χ0) is 11.1. The lowest BCUT2D eigenvalue weighted by Crippen LogP contribution is -2.27. The van der Waals surface area contributed by atoms with Crippen LogP contribution in [0.3, 0.4) is 0 Å². The number of hydrogen-bond acceptors (Lipinski definition) is 3. The van der Waals surface area contributed by atoms with Crippen LogP contribution in [-0.4, -0.2) is 28.7 Å². The molecule has 3 rings (SSSR count). The molecule has 1 saturated heterocycles. The van der Waals surface area contributed by atoms with Gasteiger partial charge in [0.25, 0.3) is 0 Å². The van der Waals surface area contributed by atoms with E-state index in [1.54, 1.807) is 0 Å². The zero-order valence-electron chi connectivity index (χ0n) is 9.43. The second kappa shape index (κ2) is 3.49. The molecule has 2 aromatic heterocycles. The number of fused-ring (bicyclic) bond motifs is 1. The molecule has 4 nitrogen and oxygen atoms in total. The molecule has 2 N–H and O–H groups in total. The van der Waals surface area contributed by atoms with Gasteiger partial charge in [0.1, 0.15) is 5.82 Å². The molecule has 1 aliphatic heterocycles. The average Bonchev–Trinajstić information content (AvgIpc) is 2.83. The molecule has 1 atom stereocenters. The molecule has 0 aliphatic carbocycles. The maximum absolute atomic E-state index is 5.93. The lowest BCUT2D eigenvalue weighted by Gasteiger charge is -2.17. The molecule has 4 heteroatoms. The van der Waals surface area contributed by atoms with Crippen LogP contribution in [0.25, 0.3) is 5.52 Å². The number of aryl methyl sites for hydroxylation is 1. The van der Waals surface area contributed by atoms with E-state index in [1.165, 1.54) is 0 Å². The van der Waals surface area contributed by atoms with Crippen molar-refractivity contribution in [2.75, 3.05) is 18.0 Å². The minimum Gasteiger partial charge on any atom is -0.355 e. The normalized spacial score (nSPS) is 20.9. The van der Waals surface area contributed by atoms with Gasteiger partial charge in [0.15, 0.2) is 0 Å². The van der Waals surface area contributed by atoms with E-state index < -0.39 is 0 Å². The van der Waals surface area contributed by atoms with E-state index in [-0.39, 0.29) is 0 Å². The largest absolute Gasteiger partial charge is 0.355 e. The van der Waals surface area contributed by atoms with Crippen LogP contribution in [0.5, 0.6) is 0 Å². The Morgan fingerprint density at radius 3 is 2.88 bits per heavy atom. The van der Waals surface area contributed by atoms with Crippen LogP contribution in [0.4, 0.5) is 5.82 Å². The highest BCUT2D eigenvalue weighted by atomic mass is 15.3. The molecule has 2 aromatic rings. The van der Waals surface area contributed by atoms with Crippen LogP contribution in [0, 0.1) is 6.92 Å². The third-order valence-corrected chi connectivity index (χ3v) is 3.17. The molecular formula is C12H16N4. The molecule has 3 heterocycles. The standard InChI is InChI=1S/C12H16N4/c1-9-2-3-11-4-5-12(16(11)14-9)15-7-6-10(13)8-15/h2-5,10H,6-8,13H2,1H3. The minimum atomic E-state index is 0.301. The van der Waals surface area contributed by atoms with Crippen LogP contribution in [0.2, 0.25) is 0 Å². The van der Waals surface area contributed by atoms with E-state index in [2.05, 4.69) is 28.2 Å². The van der Waals surface area contributed by atoms with Crippen molar-refractivity contribution in [3.05, 3.63) is 30.0 Å². The predicted molar refractivity (Wildman–Crippen MR) is 64.7 cm³/mol. The Balaban J connectivity index is 2.06. The quantitative estimate of drug-likeness (QED) is 0.778. The fourth-order valence-corrected chi connectivity index (χ4v) is 2.30. The molecule has 16 heavy (non-hydrogen) atoms. The molecule has 0 bridgehead atoms. The molecule has 1 fully saturated rings. The Bertz CT molecular complexity index is 517. The van der Waals surface area contributed by atoms with Crippen molar-refractivity contribution in [1.29, 1.82) is 0 Å². The summed E-state index contributed by atoms with van der Waals surface area (Å²) in [6.07, 6.45) is 1.07. The first-order chi connectivity index (χ1) is 7.74. The molecule has 0 radical (unpaired) electrons.